The van der Waals surface area contributed by atoms with Crippen molar-refractivity contribution in [1.29, 1.82) is 0 Å². The average molecular weight is 406 g/mol. The monoisotopic (exact) mass is 404 g/mol. The average Bonchev–Trinajstić information content (AvgIpc) is 2.72. The minimum absolute atomic E-state index is 0.0117. The van der Waals surface area contributed by atoms with E-state index in [-0.39, 0.29) is 21.7 Å². The van der Waals surface area contributed by atoms with Gasteiger partial charge >= 0.3 is 6.18 Å². The molecule has 9 heteroatoms. The molecule has 0 saturated carbocycles. The van der Waals surface area contributed by atoms with Gasteiger partial charge in [0.25, 0.3) is 0 Å². The van der Waals surface area contributed by atoms with Gasteiger partial charge in [-0.3, -0.25) is 0 Å². The zero-order valence-corrected chi connectivity index (χ0v) is 13.5. The first-order valence-electron chi connectivity index (χ1n) is 5.17. The molecule has 1 N–H and O–H groups in total. The Hall–Kier alpha value is -0.500. The summed E-state index contributed by atoms with van der Waals surface area (Å²) in [5.41, 5.74) is -0.987. The molecule has 0 aliphatic heterocycles. The summed E-state index contributed by atoms with van der Waals surface area (Å²) in [6, 6.07) is 2.38. The maximum atomic E-state index is 13.0. The van der Waals surface area contributed by atoms with E-state index in [1.165, 1.54) is 23.6 Å². The van der Waals surface area contributed by atoms with Crippen molar-refractivity contribution >= 4 is 56.2 Å². The largest absolute Gasteiger partial charge is 0.418 e. The summed E-state index contributed by atoms with van der Waals surface area (Å²) in [6.45, 7) is 0.162. The number of anilines is 1. The lowest BCUT2D eigenvalue weighted by molar-refractivity contribution is -0.137. The van der Waals surface area contributed by atoms with Crippen LogP contribution in [0.5, 0.6) is 0 Å². The fraction of sp³-hybridized carbons (Fsp3) is 0.182. The molecule has 2 nitrogen and oxygen atoms in total. The van der Waals surface area contributed by atoms with E-state index in [4.69, 9.17) is 23.2 Å². The van der Waals surface area contributed by atoms with Gasteiger partial charge in [0.1, 0.15) is 0 Å². The molecule has 0 fully saturated rings. The minimum Gasteiger partial charge on any atom is -0.378 e. The summed E-state index contributed by atoms with van der Waals surface area (Å²) in [4.78, 5) is 4.53. The van der Waals surface area contributed by atoms with E-state index in [1.807, 2.05) is 0 Å². The molecule has 1 heterocycles. The van der Waals surface area contributed by atoms with Crippen molar-refractivity contribution in [2.45, 2.75) is 12.7 Å². The number of nitrogens with one attached hydrogen (secondary N) is 1. The maximum Gasteiger partial charge on any atom is 0.418 e. The van der Waals surface area contributed by atoms with E-state index in [9.17, 15) is 13.2 Å². The fourth-order valence-corrected chi connectivity index (χ4v) is 3.31. The van der Waals surface area contributed by atoms with E-state index in [0.717, 1.165) is 6.07 Å². The summed E-state index contributed by atoms with van der Waals surface area (Å²) >= 11 is 15.7. The Bertz CT molecular complexity index is 631. The second-order valence-corrected chi connectivity index (χ2v) is 6.76. The molecule has 2 rings (SSSR count). The molecular formula is C11H6BrCl2F3N2S. The van der Waals surface area contributed by atoms with Gasteiger partial charge in [0.2, 0.25) is 0 Å². The highest BCUT2D eigenvalue weighted by atomic mass is 79.9. The van der Waals surface area contributed by atoms with Crippen molar-refractivity contribution in [2.75, 3.05) is 5.32 Å². The molecule has 0 aliphatic rings. The van der Waals surface area contributed by atoms with E-state index in [2.05, 4.69) is 26.2 Å². The van der Waals surface area contributed by atoms with Crippen LogP contribution in [0.1, 0.15) is 10.4 Å². The van der Waals surface area contributed by atoms with Crippen LogP contribution in [0, 0.1) is 0 Å². The molecule has 0 bridgehead atoms. The van der Waals surface area contributed by atoms with E-state index in [1.54, 1.807) is 0 Å². The molecule has 1 aromatic carbocycles. The number of halogens is 6. The van der Waals surface area contributed by atoms with Crippen molar-refractivity contribution < 1.29 is 13.2 Å². The minimum atomic E-state index is -4.50. The molecule has 1 aromatic heterocycles. The summed E-state index contributed by atoms with van der Waals surface area (Å²) in [7, 11) is 0. The summed E-state index contributed by atoms with van der Waals surface area (Å²) in [6.07, 6.45) is -3.00. The summed E-state index contributed by atoms with van der Waals surface area (Å²) < 4.78 is 39.6. The molecule has 0 spiro atoms. The Morgan fingerprint density at radius 2 is 2.00 bits per heavy atom. The SMILES string of the molecule is FC(F)(F)c1cc(Br)cc(Cl)c1NCc1cnc(Cl)s1. The predicted octanol–water partition coefficient (Wildman–Crippen LogP) is 5.84. The van der Waals surface area contributed by atoms with Gasteiger partial charge in [-0.25, -0.2) is 4.98 Å². The number of rotatable bonds is 3. The third-order valence-corrected chi connectivity index (χ3v) is 4.20. The number of thiazole rings is 1. The number of alkyl halides is 3. The zero-order chi connectivity index (χ0) is 14.9. The van der Waals surface area contributed by atoms with Gasteiger partial charge in [-0.15, -0.1) is 11.3 Å². The lowest BCUT2D eigenvalue weighted by Crippen LogP contribution is -2.11. The van der Waals surface area contributed by atoms with Crippen LogP contribution in [0.25, 0.3) is 0 Å². The van der Waals surface area contributed by atoms with Gasteiger partial charge < -0.3 is 5.32 Å². The zero-order valence-electron chi connectivity index (χ0n) is 9.56. The number of hydrogen-bond acceptors (Lipinski definition) is 3. The highest BCUT2D eigenvalue weighted by Crippen LogP contribution is 2.41. The first kappa shape index (κ1) is 15.9. The van der Waals surface area contributed by atoms with Gasteiger partial charge in [-0.1, -0.05) is 39.1 Å². The van der Waals surface area contributed by atoms with Gasteiger partial charge in [-0.05, 0) is 12.1 Å². The highest BCUT2D eigenvalue weighted by molar-refractivity contribution is 9.10. The molecule has 0 radical (unpaired) electrons. The Labute approximate surface area is 135 Å². The molecule has 20 heavy (non-hydrogen) atoms. The molecule has 108 valence electrons. The topological polar surface area (TPSA) is 24.9 Å². The molecule has 0 unspecified atom stereocenters. The smallest absolute Gasteiger partial charge is 0.378 e. The third-order valence-electron chi connectivity index (χ3n) is 2.33. The van der Waals surface area contributed by atoms with Crippen LogP contribution in [0.3, 0.4) is 0 Å². The van der Waals surface area contributed by atoms with Gasteiger partial charge in [0.15, 0.2) is 4.47 Å². The number of nitrogens with zero attached hydrogens (tertiary/aromatic N) is 1. The van der Waals surface area contributed by atoms with Gasteiger partial charge in [0, 0.05) is 15.5 Å². The number of aromatic nitrogens is 1. The lowest BCUT2D eigenvalue weighted by atomic mass is 10.1. The van der Waals surface area contributed by atoms with Crippen LogP contribution in [-0.4, -0.2) is 4.98 Å². The third kappa shape index (κ3) is 3.78. The Balaban J connectivity index is 2.30. The number of benzene rings is 1. The summed E-state index contributed by atoms with van der Waals surface area (Å²) in [5.74, 6) is 0. The van der Waals surface area contributed by atoms with Crippen molar-refractivity contribution in [3.63, 3.8) is 0 Å². The fourth-order valence-electron chi connectivity index (χ4n) is 1.52. The molecule has 0 aliphatic carbocycles. The van der Waals surface area contributed by atoms with Crippen LogP contribution in [0.2, 0.25) is 9.49 Å². The lowest BCUT2D eigenvalue weighted by Gasteiger charge is -2.16. The van der Waals surface area contributed by atoms with Crippen LogP contribution < -0.4 is 5.32 Å². The van der Waals surface area contributed by atoms with E-state index >= 15 is 0 Å². The Morgan fingerprint density at radius 3 is 2.55 bits per heavy atom. The van der Waals surface area contributed by atoms with Crippen molar-refractivity contribution in [3.05, 3.63) is 42.7 Å². The van der Waals surface area contributed by atoms with Gasteiger partial charge in [-0.2, -0.15) is 13.2 Å². The van der Waals surface area contributed by atoms with Crippen molar-refractivity contribution in [1.82, 2.24) is 4.98 Å². The maximum absolute atomic E-state index is 13.0. The first-order valence-corrected chi connectivity index (χ1v) is 7.54. The number of hydrogen-bond donors (Lipinski definition) is 1. The molecule has 2 aromatic rings. The van der Waals surface area contributed by atoms with Gasteiger partial charge in [0.05, 0.1) is 22.8 Å². The van der Waals surface area contributed by atoms with E-state index < -0.39 is 11.7 Å². The standard InChI is InChI=1S/C11H6BrCl2F3N2S/c12-5-1-7(11(15,16)17)9(8(13)2-5)18-3-6-4-19-10(14)20-6/h1-2,4,18H,3H2. The molecule has 0 saturated heterocycles. The van der Waals surface area contributed by atoms with Crippen LogP contribution in [-0.2, 0) is 12.7 Å². The van der Waals surface area contributed by atoms with Crippen molar-refractivity contribution in [3.8, 4) is 0 Å². The van der Waals surface area contributed by atoms with E-state index in [0.29, 0.717) is 9.34 Å². The first-order chi connectivity index (χ1) is 9.27. The molecular weight excluding hydrogens is 400 g/mol. The molecule has 0 amide bonds. The quantitative estimate of drug-likeness (QED) is 0.693. The molecule has 0 atom stereocenters. The van der Waals surface area contributed by atoms with Crippen LogP contribution >= 0.6 is 50.5 Å². The van der Waals surface area contributed by atoms with Crippen LogP contribution in [0.15, 0.2) is 22.8 Å². The van der Waals surface area contributed by atoms with Crippen LogP contribution in [0.4, 0.5) is 18.9 Å². The second kappa shape index (κ2) is 6.09. The summed E-state index contributed by atoms with van der Waals surface area (Å²) in [5, 5.41) is 2.67. The highest BCUT2D eigenvalue weighted by Gasteiger charge is 2.35. The van der Waals surface area contributed by atoms with Crippen molar-refractivity contribution in [2.24, 2.45) is 0 Å². The second-order valence-electron chi connectivity index (χ2n) is 3.74. The Kier molecular flexibility index (Phi) is 4.84. The predicted molar refractivity (Wildman–Crippen MR) is 78.6 cm³/mol. The Morgan fingerprint density at radius 1 is 1.30 bits per heavy atom. The normalized spacial score (nSPS) is 11.7.